The normalized spacial score (nSPS) is 34.2. The number of ketones is 3. The van der Waals surface area contributed by atoms with Crippen LogP contribution in [-0.4, -0.2) is 34.7 Å². The van der Waals surface area contributed by atoms with Crippen LogP contribution in [0.25, 0.3) is 0 Å². The molecule has 0 amide bonds. The largest absolute Gasteiger partial charge is 0.389 e. The Morgan fingerprint density at radius 2 is 1.11 bits per heavy atom. The summed E-state index contributed by atoms with van der Waals surface area (Å²) in [5.41, 5.74) is 6.32. The fraction of sp³-hybridized carbons (Fsp3) is 0.700. The van der Waals surface area contributed by atoms with Crippen LogP contribution in [0.3, 0.4) is 0 Å². The zero-order valence-electron chi connectivity index (χ0n) is 21.6. The van der Waals surface area contributed by atoms with E-state index in [1.807, 2.05) is 13.8 Å². The number of carbonyl (C=O) groups is 3. The van der Waals surface area contributed by atoms with Gasteiger partial charge >= 0.3 is 0 Å². The zero-order valence-corrected chi connectivity index (χ0v) is 21.6. The van der Waals surface area contributed by atoms with Crippen molar-refractivity contribution in [1.29, 1.82) is 0 Å². The number of halogens is 1. The van der Waals surface area contributed by atoms with E-state index in [-0.39, 0.29) is 23.6 Å². The lowest BCUT2D eigenvalue weighted by Gasteiger charge is -2.21. The molecule has 0 spiro atoms. The fourth-order valence-corrected chi connectivity index (χ4v) is 7.09. The maximum absolute atomic E-state index is 13.4. The summed E-state index contributed by atoms with van der Waals surface area (Å²) in [7, 11) is 0. The van der Waals surface area contributed by atoms with Gasteiger partial charge in [0.05, 0.1) is 6.10 Å². The molecule has 0 fully saturated rings. The van der Waals surface area contributed by atoms with Gasteiger partial charge < -0.3 is 5.11 Å². The van der Waals surface area contributed by atoms with Crippen LogP contribution in [0.2, 0.25) is 0 Å². The topological polar surface area (TPSA) is 71.4 Å². The van der Waals surface area contributed by atoms with Gasteiger partial charge in [0, 0.05) is 19.3 Å². The number of hydrogen-bond acceptors (Lipinski definition) is 4. The first-order valence-electron chi connectivity index (χ1n) is 13.8. The number of aliphatic hydroxyl groups is 1. The molecule has 0 bridgehead atoms. The lowest BCUT2D eigenvalue weighted by Crippen LogP contribution is -2.18. The van der Waals surface area contributed by atoms with E-state index in [4.69, 9.17) is 0 Å². The Kier molecular flexibility index (Phi) is 8.25. The van der Waals surface area contributed by atoms with Gasteiger partial charge in [-0.15, -0.1) is 0 Å². The summed E-state index contributed by atoms with van der Waals surface area (Å²) in [4.78, 5) is 34.1. The molecular formula is C30H41FO4. The van der Waals surface area contributed by atoms with Crippen LogP contribution < -0.4 is 0 Å². The van der Waals surface area contributed by atoms with Crippen molar-refractivity contribution >= 4 is 17.3 Å². The Morgan fingerprint density at radius 1 is 0.629 bits per heavy atom. The molecule has 6 aliphatic carbocycles. The third-order valence-corrected chi connectivity index (χ3v) is 8.83. The highest BCUT2D eigenvalue weighted by Crippen LogP contribution is 2.41. The molecule has 0 radical (unpaired) electrons. The number of aliphatic hydroxyl groups excluding tert-OH is 1. The van der Waals surface area contributed by atoms with E-state index in [9.17, 15) is 23.9 Å². The minimum absolute atomic E-state index is 0.169. The fourth-order valence-electron chi connectivity index (χ4n) is 7.09. The summed E-state index contributed by atoms with van der Waals surface area (Å²) in [6.45, 7) is 6.18. The second kappa shape index (κ2) is 11.0. The van der Waals surface area contributed by atoms with Crippen LogP contribution in [0.5, 0.6) is 0 Å². The molecule has 0 aromatic rings. The van der Waals surface area contributed by atoms with E-state index >= 15 is 0 Å². The van der Waals surface area contributed by atoms with Crippen LogP contribution in [0.15, 0.2) is 33.4 Å². The molecule has 0 saturated carbocycles. The quantitative estimate of drug-likeness (QED) is 0.437. The number of hydrogen-bond donors (Lipinski definition) is 1. The van der Waals surface area contributed by atoms with Gasteiger partial charge in [-0.2, -0.15) is 0 Å². The minimum Gasteiger partial charge on any atom is -0.389 e. The molecule has 0 aliphatic heterocycles. The molecule has 5 heteroatoms. The number of rotatable bonds is 0. The van der Waals surface area contributed by atoms with Crippen molar-refractivity contribution < 1.29 is 23.9 Å². The Labute approximate surface area is 209 Å². The maximum atomic E-state index is 13.4. The molecule has 0 saturated heterocycles. The van der Waals surface area contributed by atoms with Crippen molar-refractivity contribution in [1.82, 2.24) is 0 Å². The van der Waals surface area contributed by atoms with Gasteiger partial charge in [0.2, 0.25) is 0 Å². The van der Waals surface area contributed by atoms with Gasteiger partial charge in [-0.25, -0.2) is 4.39 Å². The zero-order chi connectivity index (χ0) is 25.3. The molecule has 6 aliphatic rings. The van der Waals surface area contributed by atoms with Crippen molar-refractivity contribution in [3.8, 4) is 0 Å². The monoisotopic (exact) mass is 484 g/mol. The van der Waals surface area contributed by atoms with Crippen molar-refractivity contribution in [2.75, 3.05) is 0 Å². The average molecular weight is 485 g/mol. The van der Waals surface area contributed by atoms with E-state index in [0.29, 0.717) is 36.9 Å². The van der Waals surface area contributed by atoms with E-state index in [1.165, 1.54) is 30.4 Å². The maximum Gasteiger partial charge on any atom is 0.159 e. The highest BCUT2D eigenvalue weighted by molar-refractivity contribution is 6.00. The highest BCUT2D eigenvalue weighted by atomic mass is 19.1. The number of Topliss-reactive ketones (excluding diaryl/α,β-unsaturated/α-hetero) is 3. The van der Waals surface area contributed by atoms with Gasteiger partial charge in [-0.05, 0) is 110 Å². The third kappa shape index (κ3) is 5.45. The molecule has 35 heavy (non-hydrogen) atoms. The van der Waals surface area contributed by atoms with Crippen molar-refractivity contribution in [2.24, 2.45) is 17.8 Å². The molecular weight excluding hydrogens is 443 g/mol. The summed E-state index contributed by atoms with van der Waals surface area (Å²) in [5.74, 6) is 1.94. The first-order valence-corrected chi connectivity index (χ1v) is 13.8. The summed E-state index contributed by atoms with van der Waals surface area (Å²) in [5, 5.41) is 9.66. The molecule has 0 aromatic heterocycles. The highest BCUT2D eigenvalue weighted by Gasteiger charge is 2.36. The Balaban J connectivity index is 0.000000124. The van der Waals surface area contributed by atoms with E-state index in [1.54, 1.807) is 0 Å². The summed E-state index contributed by atoms with van der Waals surface area (Å²) >= 11 is 0. The van der Waals surface area contributed by atoms with E-state index < -0.39 is 6.17 Å². The number of allylic oxidation sites excluding steroid dienone is 5. The van der Waals surface area contributed by atoms with Crippen molar-refractivity contribution in [2.45, 2.75) is 117 Å². The van der Waals surface area contributed by atoms with Gasteiger partial charge in [0.25, 0.3) is 0 Å². The summed E-state index contributed by atoms with van der Waals surface area (Å²) in [6.07, 6.45) is 10.6. The smallest absolute Gasteiger partial charge is 0.159 e. The molecule has 1 N–H and O–H groups in total. The Morgan fingerprint density at radius 3 is 1.71 bits per heavy atom. The van der Waals surface area contributed by atoms with Gasteiger partial charge in [-0.1, -0.05) is 26.3 Å². The second-order valence-corrected chi connectivity index (χ2v) is 11.4. The molecule has 5 atom stereocenters. The number of alkyl halides is 1. The van der Waals surface area contributed by atoms with Crippen LogP contribution >= 0.6 is 0 Å². The van der Waals surface area contributed by atoms with Crippen LogP contribution in [0.1, 0.15) is 104 Å². The lowest BCUT2D eigenvalue weighted by molar-refractivity contribution is -0.116. The van der Waals surface area contributed by atoms with Gasteiger partial charge in [-0.3, -0.25) is 14.4 Å². The standard InChI is InChI=1S/C10H13FO.C10H14O2.C10H14O/c2*1-6-5-9(12)7-3-2-4-8(11)10(6)7;1-7-6-10(11)9-5-3-2-4-8(7)9/h6,8H,2-5H2,1H3;6,8,11H,2-5H2,1H3;7H,2-6H2,1H3. The van der Waals surface area contributed by atoms with Crippen molar-refractivity contribution in [3.05, 3.63) is 33.4 Å². The molecule has 0 heterocycles. The SMILES string of the molecule is CC1CC(=O)C2=C1C(F)CCC2.CC1CC(=O)C2=C1C(O)CCC2.CC1CC(=O)C2=C1CCCC2. The van der Waals surface area contributed by atoms with Gasteiger partial charge in [0.1, 0.15) is 6.17 Å². The van der Waals surface area contributed by atoms with Crippen molar-refractivity contribution in [3.63, 3.8) is 0 Å². The molecule has 6 rings (SSSR count). The van der Waals surface area contributed by atoms with E-state index in [0.717, 1.165) is 67.2 Å². The Bertz CT molecular complexity index is 930. The predicted molar refractivity (Wildman–Crippen MR) is 135 cm³/mol. The van der Waals surface area contributed by atoms with Gasteiger partial charge in [0.15, 0.2) is 17.3 Å². The summed E-state index contributed by atoms with van der Waals surface area (Å²) < 4.78 is 13.4. The minimum atomic E-state index is -0.824. The lowest BCUT2D eigenvalue weighted by atomic mass is 9.88. The van der Waals surface area contributed by atoms with Crippen LogP contribution in [-0.2, 0) is 14.4 Å². The first-order chi connectivity index (χ1) is 16.7. The summed E-state index contributed by atoms with van der Waals surface area (Å²) in [6, 6.07) is 0. The first kappa shape index (κ1) is 26.2. The average Bonchev–Trinajstić information content (AvgIpc) is 3.41. The third-order valence-electron chi connectivity index (χ3n) is 8.83. The van der Waals surface area contributed by atoms with Crippen LogP contribution in [0.4, 0.5) is 4.39 Å². The molecule has 0 aromatic carbocycles. The molecule has 5 unspecified atom stereocenters. The molecule has 192 valence electrons. The number of carbonyl (C=O) groups excluding carboxylic acids is 3. The van der Waals surface area contributed by atoms with E-state index in [2.05, 4.69) is 6.92 Å². The predicted octanol–water partition coefficient (Wildman–Crippen LogP) is 6.32. The van der Waals surface area contributed by atoms with Crippen LogP contribution in [0, 0.1) is 17.8 Å². The Hall–Kier alpha value is -1.88. The molecule has 4 nitrogen and oxygen atoms in total. The second-order valence-electron chi connectivity index (χ2n) is 11.4.